The lowest BCUT2D eigenvalue weighted by atomic mass is 9.97. The van der Waals surface area contributed by atoms with Crippen molar-refractivity contribution in [1.82, 2.24) is 10.6 Å². The average Bonchev–Trinajstić information content (AvgIpc) is 2.40. The van der Waals surface area contributed by atoms with E-state index in [0.29, 0.717) is 0 Å². The molecule has 0 radical (unpaired) electrons. The van der Waals surface area contributed by atoms with Crippen molar-refractivity contribution in [2.45, 2.75) is 64.8 Å². The molecule has 0 aliphatic heterocycles. The molecule has 0 saturated heterocycles. The summed E-state index contributed by atoms with van der Waals surface area (Å²) in [5.74, 6) is 0.126. The number of hydrogen-bond acceptors (Lipinski definition) is 2. The summed E-state index contributed by atoms with van der Waals surface area (Å²) in [5, 5.41) is 6.26. The van der Waals surface area contributed by atoms with E-state index in [9.17, 15) is 4.79 Å². The topological polar surface area (TPSA) is 41.1 Å². The van der Waals surface area contributed by atoms with Gasteiger partial charge in [-0.3, -0.25) is 4.79 Å². The fourth-order valence-electron chi connectivity index (χ4n) is 2.22. The summed E-state index contributed by atoms with van der Waals surface area (Å²) < 4.78 is 0. The molecular formula is C15H28N2O. The van der Waals surface area contributed by atoms with Crippen molar-refractivity contribution in [3.63, 3.8) is 0 Å². The van der Waals surface area contributed by atoms with Gasteiger partial charge in [0.2, 0.25) is 5.91 Å². The molecule has 0 aromatic rings. The lowest BCUT2D eigenvalue weighted by Gasteiger charge is -2.16. The van der Waals surface area contributed by atoms with Gasteiger partial charge in [-0.05, 0) is 52.0 Å². The van der Waals surface area contributed by atoms with Gasteiger partial charge < -0.3 is 10.6 Å². The normalized spacial score (nSPS) is 17.1. The van der Waals surface area contributed by atoms with E-state index in [0.717, 1.165) is 32.4 Å². The molecule has 1 amide bonds. The van der Waals surface area contributed by atoms with Crippen LogP contribution in [0.25, 0.3) is 0 Å². The maximum Gasteiger partial charge on any atom is 0.236 e. The van der Waals surface area contributed by atoms with E-state index in [4.69, 9.17) is 0 Å². The van der Waals surface area contributed by atoms with E-state index in [2.05, 4.69) is 23.6 Å². The molecule has 0 saturated carbocycles. The zero-order valence-corrected chi connectivity index (χ0v) is 11.9. The van der Waals surface area contributed by atoms with Crippen LogP contribution in [-0.4, -0.2) is 25.0 Å². The predicted molar refractivity (Wildman–Crippen MR) is 76.6 cm³/mol. The third-order valence-corrected chi connectivity index (χ3v) is 3.50. The zero-order chi connectivity index (χ0) is 13.2. The maximum atomic E-state index is 11.7. The molecule has 18 heavy (non-hydrogen) atoms. The van der Waals surface area contributed by atoms with Crippen LogP contribution in [0.4, 0.5) is 0 Å². The molecule has 1 aliphatic rings. The van der Waals surface area contributed by atoms with Gasteiger partial charge in [0, 0.05) is 6.54 Å². The Morgan fingerprint density at radius 2 is 2.22 bits per heavy atom. The van der Waals surface area contributed by atoms with Crippen LogP contribution in [0.5, 0.6) is 0 Å². The molecular weight excluding hydrogens is 224 g/mol. The first-order chi connectivity index (χ1) is 8.74. The Morgan fingerprint density at radius 1 is 1.39 bits per heavy atom. The number of unbranched alkanes of at least 4 members (excludes halogenated alkanes) is 1. The average molecular weight is 252 g/mol. The van der Waals surface area contributed by atoms with Crippen molar-refractivity contribution in [3.05, 3.63) is 11.6 Å². The van der Waals surface area contributed by atoms with Gasteiger partial charge in [0.15, 0.2) is 0 Å². The van der Waals surface area contributed by atoms with E-state index in [-0.39, 0.29) is 11.9 Å². The van der Waals surface area contributed by atoms with Crippen molar-refractivity contribution in [2.75, 3.05) is 13.1 Å². The minimum absolute atomic E-state index is 0.0777. The Balaban J connectivity index is 2.10. The fourth-order valence-corrected chi connectivity index (χ4v) is 2.22. The Labute approximate surface area is 111 Å². The lowest BCUT2D eigenvalue weighted by molar-refractivity contribution is -0.122. The van der Waals surface area contributed by atoms with Gasteiger partial charge in [-0.15, -0.1) is 0 Å². The quantitative estimate of drug-likeness (QED) is 0.515. The summed E-state index contributed by atoms with van der Waals surface area (Å²) in [4.78, 5) is 11.7. The molecule has 0 bridgehead atoms. The van der Waals surface area contributed by atoms with E-state index >= 15 is 0 Å². The molecule has 104 valence electrons. The van der Waals surface area contributed by atoms with Gasteiger partial charge in [-0.25, -0.2) is 0 Å². The Hall–Kier alpha value is -0.830. The molecule has 0 fully saturated rings. The molecule has 0 aromatic carbocycles. The van der Waals surface area contributed by atoms with Crippen LogP contribution < -0.4 is 10.6 Å². The van der Waals surface area contributed by atoms with Crippen molar-refractivity contribution in [3.8, 4) is 0 Å². The number of hydrogen-bond donors (Lipinski definition) is 2. The Morgan fingerprint density at radius 3 is 2.89 bits per heavy atom. The van der Waals surface area contributed by atoms with E-state index in [1.165, 1.54) is 25.7 Å². The van der Waals surface area contributed by atoms with Crippen LogP contribution in [0.1, 0.15) is 58.8 Å². The summed E-state index contributed by atoms with van der Waals surface area (Å²) >= 11 is 0. The number of amides is 1. The van der Waals surface area contributed by atoms with Crippen LogP contribution in [0.15, 0.2) is 11.6 Å². The maximum absolute atomic E-state index is 11.7. The highest BCUT2D eigenvalue weighted by Crippen LogP contribution is 2.19. The third-order valence-electron chi connectivity index (χ3n) is 3.50. The van der Waals surface area contributed by atoms with Gasteiger partial charge in [-0.2, -0.15) is 0 Å². The summed E-state index contributed by atoms with van der Waals surface area (Å²) in [7, 11) is 0. The fraction of sp³-hybridized carbons (Fsp3) is 0.800. The van der Waals surface area contributed by atoms with E-state index < -0.39 is 0 Å². The molecule has 1 atom stereocenters. The molecule has 1 aliphatic carbocycles. The van der Waals surface area contributed by atoms with Gasteiger partial charge in [0.05, 0.1) is 6.04 Å². The largest absolute Gasteiger partial charge is 0.355 e. The van der Waals surface area contributed by atoms with Crippen LogP contribution >= 0.6 is 0 Å². The van der Waals surface area contributed by atoms with Crippen molar-refractivity contribution in [2.24, 2.45) is 0 Å². The molecule has 0 aromatic heterocycles. The van der Waals surface area contributed by atoms with Gasteiger partial charge in [0.25, 0.3) is 0 Å². The smallest absolute Gasteiger partial charge is 0.236 e. The van der Waals surface area contributed by atoms with Gasteiger partial charge >= 0.3 is 0 Å². The highest BCUT2D eigenvalue weighted by molar-refractivity contribution is 5.81. The SMILES string of the molecule is CCCCNC(=O)C(C)NCCC1=CCCCC1. The number of nitrogens with one attached hydrogen (secondary N) is 2. The van der Waals surface area contributed by atoms with Gasteiger partial charge in [-0.1, -0.05) is 25.0 Å². The molecule has 0 heterocycles. The van der Waals surface area contributed by atoms with Crippen molar-refractivity contribution < 1.29 is 4.79 Å². The third kappa shape index (κ3) is 6.20. The van der Waals surface area contributed by atoms with Crippen molar-refractivity contribution >= 4 is 5.91 Å². The summed E-state index contributed by atoms with van der Waals surface area (Å²) in [6, 6.07) is -0.0777. The monoisotopic (exact) mass is 252 g/mol. The predicted octanol–water partition coefficient (Wildman–Crippen LogP) is 2.77. The summed E-state index contributed by atoms with van der Waals surface area (Å²) in [5.41, 5.74) is 1.56. The molecule has 3 nitrogen and oxygen atoms in total. The standard InChI is InChI=1S/C15H28N2O/c1-3-4-11-17-15(18)13(2)16-12-10-14-8-6-5-7-9-14/h8,13,16H,3-7,9-12H2,1-2H3,(H,17,18). The first-order valence-electron chi connectivity index (χ1n) is 7.43. The summed E-state index contributed by atoms with van der Waals surface area (Å²) in [6.45, 7) is 5.78. The molecule has 1 rings (SSSR count). The van der Waals surface area contributed by atoms with Crippen LogP contribution in [0.2, 0.25) is 0 Å². The second-order valence-corrected chi connectivity index (χ2v) is 5.18. The highest BCUT2D eigenvalue weighted by atomic mass is 16.2. The van der Waals surface area contributed by atoms with Crippen LogP contribution in [0.3, 0.4) is 0 Å². The number of carbonyl (C=O) groups is 1. The minimum Gasteiger partial charge on any atom is -0.355 e. The number of rotatable bonds is 8. The molecule has 3 heteroatoms. The Bertz CT molecular complexity index is 274. The minimum atomic E-state index is -0.0777. The highest BCUT2D eigenvalue weighted by Gasteiger charge is 2.11. The summed E-state index contributed by atoms with van der Waals surface area (Å²) in [6.07, 6.45) is 10.8. The molecule has 1 unspecified atom stereocenters. The lowest BCUT2D eigenvalue weighted by Crippen LogP contribution is -2.42. The van der Waals surface area contributed by atoms with Gasteiger partial charge in [0.1, 0.15) is 0 Å². The first-order valence-corrected chi connectivity index (χ1v) is 7.43. The second-order valence-electron chi connectivity index (χ2n) is 5.18. The van der Waals surface area contributed by atoms with Crippen molar-refractivity contribution in [1.29, 1.82) is 0 Å². The Kier molecular flexibility index (Phi) is 7.74. The van der Waals surface area contributed by atoms with E-state index in [1.54, 1.807) is 5.57 Å². The zero-order valence-electron chi connectivity index (χ0n) is 11.9. The molecule has 0 spiro atoms. The molecule has 2 N–H and O–H groups in total. The van der Waals surface area contributed by atoms with Crippen LogP contribution in [0, 0.1) is 0 Å². The van der Waals surface area contributed by atoms with Crippen LogP contribution in [-0.2, 0) is 4.79 Å². The second kappa shape index (κ2) is 9.15. The number of allylic oxidation sites excluding steroid dienone is 1. The first kappa shape index (κ1) is 15.2. The number of carbonyl (C=O) groups excluding carboxylic acids is 1. The van der Waals surface area contributed by atoms with E-state index in [1.807, 2.05) is 6.92 Å².